The highest BCUT2D eigenvalue weighted by Gasteiger charge is 2.14. The average Bonchev–Trinajstić information content (AvgIpc) is 2.81. The van der Waals surface area contributed by atoms with Crippen molar-refractivity contribution in [2.45, 2.75) is 26.9 Å². The molecule has 162 valence electrons. The van der Waals surface area contributed by atoms with Crippen LogP contribution in [0.15, 0.2) is 78.4 Å². The van der Waals surface area contributed by atoms with Crippen molar-refractivity contribution in [1.29, 1.82) is 5.26 Å². The van der Waals surface area contributed by atoms with Crippen molar-refractivity contribution in [2.24, 2.45) is 0 Å². The van der Waals surface area contributed by atoms with Crippen molar-refractivity contribution in [3.63, 3.8) is 0 Å². The van der Waals surface area contributed by atoms with Crippen LogP contribution in [0.25, 0.3) is 6.08 Å². The Morgan fingerprint density at radius 3 is 2.44 bits per heavy atom. The van der Waals surface area contributed by atoms with Gasteiger partial charge in [-0.1, -0.05) is 54.1 Å². The van der Waals surface area contributed by atoms with E-state index in [0.717, 1.165) is 11.1 Å². The first-order chi connectivity index (χ1) is 15.5. The second kappa shape index (κ2) is 10.8. The van der Waals surface area contributed by atoms with Gasteiger partial charge >= 0.3 is 0 Å². The lowest BCUT2D eigenvalue weighted by molar-refractivity contribution is -0.112. The Hall–Kier alpha value is -4.04. The predicted octanol–water partition coefficient (Wildman–Crippen LogP) is 6.08. The van der Waals surface area contributed by atoms with Crippen molar-refractivity contribution >= 4 is 17.7 Å². The molecule has 0 heterocycles. The van der Waals surface area contributed by atoms with Gasteiger partial charge < -0.3 is 14.8 Å². The summed E-state index contributed by atoms with van der Waals surface area (Å²) in [4.78, 5) is 12.6. The van der Waals surface area contributed by atoms with Crippen LogP contribution in [0.4, 0.5) is 5.69 Å². The third-order valence-electron chi connectivity index (χ3n) is 4.83. The van der Waals surface area contributed by atoms with E-state index in [-0.39, 0.29) is 11.7 Å². The molecule has 5 nitrogen and oxygen atoms in total. The second-order valence-electron chi connectivity index (χ2n) is 7.30. The van der Waals surface area contributed by atoms with Crippen LogP contribution in [0.3, 0.4) is 0 Å². The monoisotopic (exact) mass is 426 g/mol. The summed E-state index contributed by atoms with van der Waals surface area (Å²) >= 11 is 0. The highest BCUT2D eigenvalue weighted by atomic mass is 16.5. The number of hydrogen-bond donors (Lipinski definition) is 1. The number of benzene rings is 3. The van der Waals surface area contributed by atoms with Gasteiger partial charge in [0.2, 0.25) is 0 Å². The lowest BCUT2D eigenvalue weighted by Crippen LogP contribution is -2.13. The second-order valence-corrected chi connectivity index (χ2v) is 7.30. The molecule has 0 saturated heterocycles. The van der Waals surface area contributed by atoms with E-state index >= 15 is 0 Å². The fourth-order valence-corrected chi connectivity index (χ4v) is 3.11. The summed E-state index contributed by atoms with van der Waals surface area (Å²) in [5, 5.41) is 12.3. The maximum atomic E-state index is 12.6. The number of anilines is 1. The summed E-state index contributed by atoms with van der Waals surface area (Å²) in [6.07, 6.45) is 1.38. The Labute approximate surface area is 188 Å². The van der Waals surface area contributed by atoms with Gasteiger partial charge in [0.1, 0.15) is 17.7 Å². The van der Waals surface area contributed by atoms with Gasteiger partial charge in [0.25, 0.3) is 5.91 Å². The van der Waals surface area contributed by atoms with E-state index in [4.69, 9.17) is 9.47 Å². The molecular formula is C27H26N2O3. The van der Waals surface area contributed by atoms with Crippen LogP contribution < -0.4 is 14.8 Å². The lowest BCUT2D eigenvalue weighted by atomic mass is 10.1. The number of nitrogens with zero attached hydrogens (tertiary/aromatic N) is 1. The van der Waals surface area contributed by atoms with Crippen molar-refractivity contribution < 1.29 is 14.3 Å². The average molecular weight is 427 g/mol. The minimum Gasteiger partial charge on any atom is -0.490 e. The van der Waals surface area contributed by atoms with Crippen molar-refractivity contribution in [2.75, 3.05) is 11.9 Å². The van der Waals surface area contributed by atoms with Gasteiger partial charge in [0.15, 0.2) is 11.5 Å². The first-order valence-electron chi connectivity index (χ1n) is 10.5. The van der Waals surface area contributed by atoms with E-state index in [0.29, 0.717) is 29.4 Å². The summed E-state index contributed by atoms with van der Waals surface area (Å²) < 4.78 is 11.9. The zero-order valence-electron chi connectivity index (χ0n) is 18.5. The fraction of sp³-hybridized carbons (Fsp3) is 0.185. The zero-order chi connectivity index (χ0) is 22.9. The topological polar surface area (TPSA) is 71.3 Å². The fourth-order valence-electron chi connectivity index (χ4n) is 3.11. The molecule has 5 heteroatoms. The van der Waals surface area contributed by atoms with E-state index in [9.17, 15) is 10.1 Å². The zero-order valence-corrected chi connectivity index (χ0v) is 18.5. The first kappa shape index (κ1) is 22.6. The number of carbonyl (C=O) groups is 1. The Morgan fingerprint density at radius 1 is 1.06 bits per heavy atom. The van der Waals surface area contributed by atoms with Crippen LogP contribution in [-0.2, 0) is 4.79 Å². The number of aryl methyl sites for hydroxylation is 1. The summed E-state index contributed by atoms with van der Waals surface area (Å²) in [5.41, 5.74) is 3.45. The van der Waals surface area contributed by atoms with E-state index in [2.05, 4.69) is 5.32 Å². The molecule has 1 unspecified atom stereocenters. The number of nitriles is 1. The number of rotatable bonds is 8. The third-order valence-corrected chi connectivity index (χ3v) is 4.83. The molecule has 0 bridgehead atoms. The van der Waals surface area contributed by atoms with E-state index in [1.54, 1.807) is 30.3 Å². The van der Waals surface area contributed by atoms with Crippen molar-refractivity contribution in [3.8, 4) is 17.6 Å². The quantitative estimate of drug-likeness (QED) is 0.350. The van der Waals surface area contributed by atoms with Gasteiger partial charge in [-0.2, -0.15) is 5.26 Å². The smallest absolute Gasteiger partial charge is 0.266 e. The molecule has 3 aromatic carbocycles. The number of nitrogens with one attached hydrogen (secondary N) is 1. The summed E-state index contributed by atoms with van der Waals surface area (Å²) in [6.45, 7) is 6.29. The maximum Gasteiger partial charge on any atom is 0.266 e. The Kier molecular flexibility index (Phi) is 7.66. The molecule has 1 amide bonds. The van der Waals surface area contributed by atoms with Crippen LogP contribution >= 0.6 is 0 Å². The minimum absolute atomic E-state index is 0.000606. The standard InChI is InChI=1S/C27H26N2O3/c1-4-31-26-17-21(12-15-25(26)32-20(3)22-8-6-5-7-9-22)16-23(18-28)27(30)29-24-13-10-19(2)11-14-24/h5-17,20H,4H2,1-3H3,(H,29,30)/b23-16+. The molecule has 0 fully saturated rings. The van der Waals surface area contributed by atoms with Crippen molar-refractivity contribution in [1.82, 2.24) is 0 Å². The predicted molar refractivity (Wildman–Crippen MR) is 126 cm³/mol. The highest BCUT2D eigenvalue weighted by Crippen LogP contribution is 2.33. The molecule has 0 saturated carbocycles. The van der Waals surface area contributed by atoms with Crippen LogP contribution in [-0.4, -0.2) is 12.5 Å². The Bertz CT molecular complexity index is 1130. The van der Waals surface area contributed by atoms with E-state index in [1.807, 2.05) is 69.3 Å². The third kappa shape index (κ3) is 5.99. The van der Waals surface area contributed by atoms with Crippen molar-refractivity contribution in [3.05, 3.63) is 95.1 Å². The number of carbonyl (C=O) groups excluding carboxylic acids is 1. The largest absolute Gasteiger partial charge is 0.490 e. The van der Waals surface area contributed by atoms with Gasteiger partial charge in [0.05, 0.1) is 6.61 Å². The van der Waals surface area contributed by atoms with E-state index in [1.165, 1.54) is 6.08 Å². The van der Waals surface area contributed by atoms with Crippen LogP contribution in [0, 0.1) is 18.3 Å². The van der Waals surface area contributed by atoms with Crippen LogP contribution in [0.5, 0.6) is 11.5 Å². The summed E-state index contributed by atoms with van der Waals surface area (Å²) in [6, 6.07) is 24.7. The minimum atomic E-state index is -0.465. The highest BCUT2D eigenvalue weighted by molar-refractivity contribution is 6.09. The Balaban J connectivity index is 1.81. The van der Waals surface area contributed by atoms with Gasteiger partial charge in [-0.05, 0) is 62.2 Å². The molecule has 0 aromatic heterocycles. The van der Waals surface area contributed by atoms with Gasteiger partial charge in [0, 0.05) is 5.69 Å². The van der Waals surface area contributed by atoms with Gasteiger partial charge in [-0.3, -0.25) is 4.79 Å². The van der Waals surface area contributed by atoms with Gasteiger partial charge in [-0.25, -0.2) is 0 Å². The molecule has 1 N–H and O–H groups in total. The molecule has 0 aliphatic rings. The molecule has 32 heavy (non-hydrogen) atoms. The maximum absolute atomic E-state index is 12.6. The summed E-state index contributed by atoms with van der Waals surface area (Å²) in [5.74, 6) is 0.690. The number of hydrogen-bond acceptors (Lipinski definition) is 4. The molecule has 3 aromatic rings. The van der Waals surface area contributed by atoms with Gasteiger partial charge in [-0.15, -0.1) is 0 Å². The normalized spacial score (nSPS) is 11.9. The molecule has 0 aliphatic heterocycles. The SMILES string of the molecule is CCOc1cc(/C=C(\C#N)C(=O)Nc2ccc(C)cc2)ccc1OC(C)c1ccccc1. The lowest BCUT2D eigenvalue weighted by Gasteiger charge is -2.18. The van der Waals surface area contributed by atoms with Crippen LogP contribution in [0.1, 0.15) is 36.6 Å². The Morgan fingerprint density at radius 2 is 1.78 bits per heavy atom. The molecule has 1 atom stereocenters. The molecule has 0 aliphatic carbocycles. The molecule has 0 radical (unpaired) electrons. The molecule has 3 rings (SSSR count). The van der Waals surface area contributed by atoms with Crippen LogP contribution in [0.2, 0.25) is 0 Å². The molecule has 0 spiro atoms. The summed E-state index contributed by atoms with van der Waals surface area (Å²) in [7, 11) is 0. The number of amides is 1. The molecular weight excluding hydrogens is 400 g/mol. The number of ether oxygens (including phenoxy) is 2. The van der Waals surface area contributed by atoms with E-state index < -0.39 is 5.91 Å². The first-order valence-corrected chi connectivity index (χ1v) is 10.5.